The highest BCUT2D eigenvalue weighted by Gasteiger charge is 2.07. The van der Waals surface area contributed by atoms with Crippen LogP contribution in [0, 0.1) is 0 Å². The molecule has 0 aliphatic heterocycles. The monoisotopic (exact) mass is 449 g/mol. The Kier molecular flexibility index (Phi) is 9.36. The first-order valence-corrected chi connectivity index (χ1v) is 10.4. The van der Waals surface area contributed by atoms with Crippen LogP contribution in [-0.2, 0) is 4.79 Å². The number of carbonyl (C=O) groups excluding carboxylic acids is 1. The van der Waals surface area contributed by atoms with Gasteiger partial charge in [0, 0.05) is 15.2 Å². The van der Waals surface area contributed by atoms with E-state index in [4.69, 9.17) is 11.6 Å². The number of hydrazone groups is 1. The van der Waals surface area contributed by atoms with E-state index in [1.54, 1.807) is 12.1 Å². The maximum atomic E-state index is 12.2. The third kappa shape index (κ3) is 7.73. The number of benzene rings is 2. The number of nitrogens with zero attached hydrogens (tertiary/aromatic N) is 1. The van der Waals surface area contributed by atoms with Gasteiger partial charge in [-0.05, 0) is 52.5 Å². The first-order valence-electron chi connectivity index (χ1n) is 9.20. The molecule has 4 nitrogen and oxygen atoms in total. The normalized spacial score (nSPS) is 11.3. The third-order valence-corrected chi connectivity index (χ3v) is 4.95. The molecule has 0 aromatic heterocycles. The van der Waals surface area contributed by atoms with Gasteiger partial charge in [-0.2, -0.15) is 5.10 Å². The Labute approximate surface area is 174 Å². The minimum absolute atomic E-state index is 0.127. The molecule has 2 N–H and O–H groups in total. The number of rotatable bonds is 10. The lowest BCUT2D eigenvalue weighted by Crippen LogP contribution is -2.27. The Bertz CT molecular complexity index is 765. The Morgan fingerprint density at radius 2 is 1.89 bits per heavy atom. The van der Waals surface area contributed by atoms with Crippen LogP contribution >= 0.6 is 27.5 Å². The molecule has 0 spiro atoms. The second kappa shape index (κ2) is 11.8. The van der Waals surface area contributed by atoms with Gasteiger partial charge in [-0.3, -0.25) is 4.79 Å². The van der Waals surface area contributed by atoms with Gasteiger partial charge in [0.2, 0.25) is 0 Å². The van der Waals surface area contributed by atoms with E-state index in [2.05, 4.69) is 38.7 Å². The van der Waals surface area contributed by atoms with E-state index in [1.807, 2.05) is 36.4 Å². The van der Waals surface area contributed by atoms with Crippen molar-refractivity contribution in [2.75, 3.05) is 11.9 Å². The molecule has 0 heterocycles. The maximum absolute atomic E-state index is 12.2. The molecule has 0 bridgehead atoms. The van der Waals surface area contributed by atoms with E-state index in [0.29, 0.717) is 5.02 Å². The molecule has 0 aliphatic rings. The zero-order valence-corrected chi connectivity index (χ0v) is 17.8. The van der Waals surface area contributed by atoms with Gasteiger partial charge in [-0.1, -0.05) is 68.1 Å². The summed E-state index contributed by atoms with van der Waals surface area (Å²) in [7, 11) is 0. The van der Waals surface area contributed by atoms with Crippen LogP contribution in [-0.4, -0.2) is 18.2 Å². The van der Waals surface area contributed by atoms with E-state index in [1.165, 1.54) is 19.3 Å². The lowest BCUT2D eigenvalue weighted by molar-refractivity contribution is -0.119. The quantitative estimate of drug-likeness (QED) is 0.265. The lowest BCUT2D eigenvalue weighted by Gasteiger charge is -2.10. The van der Waals surface area contributed by atoms with Crippen LogP contribution < -0.4 is 10.7 Å². The number of hydrogen-bond acceptors (Lipinski definition) is 3. The van der Waals surface area contributed by atoms with Crippen molar-refractivity contribution in [2.45, 2.75) is 39.0 Å². The van der Waals surface area contributed by atoms with Crippen molar-refractivity contribution in [3.8, 4) is 0 Å². The molecular formula is C21H25BrClN3O. The van der Waals surface area contributed by atoms with Crippen molar-refractivity contribution >= 4 is 44.8 Å². The molecular weight excluding hydrogens is 426 g/mol. The van der Waals surface area contributed by atoms with Crippen LogP contribution in [0.2, 0.25) is 5.02 Å². The summed E-state index contributed by atoms with van der Waals surface area (Å²) in [5.74, 6) is -0.196. The second-order valence-corrected chi connectivity index (χ2v) is 7.54. The molecule has 0 aliphatic carbocycles. The minimum Gasteiger partial charge on any atom is -0.375 e. The van der Waals surface area contributed by atoms with Gasteiger partial charge in [0.05, 0.1) is 12.3 Å². The molecule has 6 heteroatoms. The fraction of sp³-hybridized carbons (Fsp3) is 0.333. The first kappa shape index (κ1) is 21.5. The maximum Gasteiger partial charge on any atom is 0.259 e. The molecule has 27 heavy (non-hydrogen) atoms. The number of carbonyl (C=O) groups is 1. The first-order chi connectivity index (χ1) is 13.1. The molecule has 144 valence electrons. The summed E-state index contributed by atoms with van der Waals surface area (Å²) in [5.41, 5.74) is 5.43. The highest BCUT2D eigenvalue weighted by atomic mass is 79.9. The number of halogens is 2. The van der Waals surface area contributed by atoms with Gasteiger partial charge in [-0.25, -0.2) is 5.43 Å². The molecule has 2 aromatic rings. The van der Waals surface area contributed by atoms with Crippen LogP contribution in [0.1, 0.15) is 44.6 Å². The molecule has 0 radical (unpaired) electrons. The largest absolute Gasteiger partial charge is 0.375 e. The Hall–Kier alpha value is -1.85. The summed E-state index contributed by atoms with van der Waals surface area (Å²) in [5, 5.41) is 8.10. The predicted octanol–water partition coefficient (Wildman–Crippen LogP) is 6.01. The number of hydrogen-bond donors (Lipinski definition) is 2. The lowest BCUT2D eigenvalue weighted by atomic mass is 10.0. The second-order valence-electron chi connectivity index (χ2n) is 6.25. The molecule has 0 atom stereocenters. The van der Waals surface area contributed by atoms with Crippen LogP contribution in [0.5, 0.6) is 0 Å². The van der Waals surface area contributed by atoms with Crippen LogP contribution in [0.3, 0.4) is 0 Å². The summed E-state index contributed by atoms with van der Waals surface area (Å²) in [6.45, 7) is 2.32. The molecule has 2 rings (SSSR count). The smallest absolute Gasteiger partial charge is 0.259 e. The van der Waals surface area contributed by atoms with E-state index < -0.39 is 0 Å². The van der Waals surface area contributed by atoms with Crippen molar-refractivity contribution in [1.29, 1.82) is 0 Å². The van der Waals surface area contributed by atoms with Gasteiger partial charge in [-0.15, -0.1) is 0 Å². The van der Waals surface area contributed by atoms with Gasteiger partial charge in [0.15, 0.2) is 0 Å². The summed E-state index contributed by atoms with van der Waals surface area (Å²) >= 11 is 9.35. The van der Waals surface area contributed by atoms with Gasteiger partial charge in [0.1, 0.15) is 0 Å². The SMILES string of the molecule is CCCCCC/C(=N/NC(=O)CNc1ccc(Cl)cc1Br)c1ccccc1. The van der Waals surface area contributed by atoms with Gasteiger partial charge in [0.25, 0.3) is 5.91 Å². The number of anilines is 1. The number of nitrogens with one attached hydrogen (secondary N) is 2. The zero-order valence-electron chi connectivity index (χ0n) is 15.5. The average molecular weight is 451 g/mol. The number of amides is 1. The zero-order chi connectivity index (χ0) is 19.5. The molecule has 0 fully saturated rings. The standard InChI is InChI=1S/C21H25BrClN3O/c1-2-3-4-8-11-19(16-9-6-5-7-10-16)25-26-21(27)15-24-20-13-12-17(23)14-18(20)22/h5-7,9-10,12-14,24H,2-4,8,11,15H2,1H3,(H,26,27)/b25-19-. The molecule has 2 aromatic carbocycles. The van der Waals surface area contributed by atoms with E-state index in [0.717, 1.165) is 34.3 Å². The molecule has 0 saturated carbocycles. The Morgan fingerprint density at radius 1 is 1.11 bits per heavy atom. The predicted molar refractivity (Wildman–Crippen MR) is 118 cm³/mol. The van der Waals surface area contributed by atoms with Crippen molar-refractivity contribution in [2.24, 2.45) is 5.10 Å². The van der Waals surface area contributed by atoms with E-state index >= 15 is 0 Å². The van der Waals surface area contributed by atoms with Crippen molar-refractivity contribution < 1.29 is 4.79 Å². The number of unbranched alkanes of at least 4 members (excludes halogenated alkanes) is 3. The summed E-state index contributed by atoms with van der Waals surface area (Å²) in [4.78, 5) is 12.2. The third-order valence-electron chi connectivity index (χ3n) is 4.06. The van der Waals surface area contributed by atoms with Crippen molar-refractivity contribution in [3.05, 3.63) is 63.6 Å². The molecule has 1 amide bonds. The molecule has 0 unspecified atom stereocenters. The van der Waals surface area contributed by atoms with Crippen molar-refractivity contribution in [1.82, 2.24) is 5.43 Å². The summed E-state index contributed by atoms with van der Waals surface area (Å²) in [6.07, 6.45) is 5.49. The van der Waals surface area contributed by atoms with Crippen LogP contribution in [0.4, 0.5) is 5.69 Å². The van der Waals surface area contributed by atoms with Crippen LogP contribution in [0.15, 0.2) is 58.1 Å². The average Bonchev–Trinajstić information content (AvgIpc) is 2.67. The topological polar surface area (TPSA) is 53.5 Å². The molecule has 0 saturated heterocycles. The Morgan fingerprint density at radius 3 is 2.59 bits per heavy atom. The highest BCUT2D eigenvalue weighted by molar-refractivity contribution is 9.10. The van der Waals surface area contributed by atoms with Crippen LogP contribution in [0.25, 0.3) is 0 Å². The van der Waals surface area contributed by atoms with Gasteiger partial charge < -0.3 is 5.32 Å². The minimum atomic E-state index is -0.196. The highest BCUT2D eigenvalue weighted by Crippen LogP contribution is 2.25. The fourth-order valence-corrected chi connectivity index (χ4v) is 3.42. The Balaban J connectivity index is 1.93. The van der Waals surface area contributed by atoms with Gasteiger partial charge >= 0.3 is 0 Å². The van der Waals surface area contributed by atoms with E-state index in [9.17, 15) is 4.79 Å². The van der Waals surface area contributed by atoms with E-state index in [-0.39, 0.29) is 12.5 Å². The fourth-order valence-electron chi connectivity index (χ4n) is 2.59. The van der Waals surface area contributed by atoms with Crippen molar-refractivity contribution in [3.63, 3.8) is 0 Å². The summed E-state index contributed by atoms with van der Waals surface area (Å²) in [6, 6.07) is 15.4. The summed E-state index contributed by atoms with van der Waals surface area (Å²) < 4.78 is 0.812.